The maximum absolute atomic E-state index is 5.99. The molecule has 0 fully saturated rings. The first-order chi connectivity index (χ1) is 11.2. The van der Waals surface area contributed by atoms with E-state index < -0.39 is 0 Å². The summed E-state index contributed by atoms with van der Waals surface area (Å²) in [6, 6.07) is 9.54. The smallest absolute Gasteiger partial charge is 0.203 e. The first kappa shape index (κ1) is 15.9. The van der Waals surface area contributed by atoms with Gasteiger partial charge >= 0.3 is 0 Å². The average molecular weight is 350 g/mol. The minimum Gasteiger partial charge on any atom is -0.377 e. The lowest BCUT2D eigenvalue weighted by molar-refractivity contribution is 0.179. The largest absolute Gasteiger partial charge is 0.377 e. The van der Waals surface area contributed by atoms with E-state index in [0.717, 1.165) is 16.4 Å². The van der Waals surface area contributed by atoms with Crippen molar-refractivity contribution in [3.05, 3.63) is 58.6 Å². The number of aryl methyl sites for hydroxylation is 1. The van der Waals surface area contributed by atoms with Crippen molar-refractivity contribution in [2.75, 3.05) is 12.4 Å². The van der Waals surface area contributed by atoms with Crippen LogP contribution in [0.4, 0.5) is 5.13 Å². The minimum absolute atomic E-state index is 0.128. The van der Waals surface area contributed by atoms with Crippen LogP contribution in [0.1, 0.15) is 23.1 Å². The molecule has 1 atom stereocenters. The molecule has 0 spiro atoms. The number of halogens is 1. The Morgan fingerprint density at radius 3 is 2.74 bits per heavy atom. The molecule has 0 unspecified atom stereocenters. The van der Waals surface area contributed by atoms with E-state index in [-0.39, 0.29) is 6.04 Å². The molecule has 23 heavy (non-hydrogen) atoms. The Morgan fingerprint density at radius 1 is 1.30 bits per heavy atom. The highest BCUT2D eigenvalue weighted by Crippen LogP contribution is 2.27. The molecular formula is C15H16ClN5OS. The molecule has 2 aromatic heterocycles. The first-order valence-electron chi connectivity index (χ1n) is 6.99. The summed E-state index contributed by atoms with van der Waals surface area (Å²) < 4.78 is 11.1. The van der Waals surface area contributed by atoms with Crippen LogP contribution in [-0.4, -0.2) is 26.2 Å². The molecule has 2 heterocycles. The van der Waals surface area contributed by atoms with Gasteiger partial charge in [0.15, 0.2) is 5.82 Å². The fourth-order valence-corrected chi connectivity index (χ4v) is 2.92. The molecule has 0 bridgehead atoms. The topological polar surface area (TPSA) is 64.9 Å². The van der Waals surface area contributed by atoms with Gasteiger partial charge in [-0.05, 0) is 23.8 Å². The van der Waals surface area contributed by atoms with Crippen molar-refractivity contribution in [2.24, 2.45) is 7.05 Å². The molecule has 0 saturated heterocycles. The van der Waals surface area contributed by atoms with E-state index in [1.165, 1.54) is 11.5 Å². The van der Waals surface area contributed by atoms with Crippen LogP contribution in [0.2, 0.25) is 5.02 Å². The third kappa shape index (κ3) is 3.87. The second-order valence-corrected chi connectivity index (χ2v) is 6.18. The van der Waals surface area contributed by atoms with Gasteiger partial charge in [-0.2, -0.15) is 9.47 Å². The first-order valence-corrected chi connectivity index (χ1v) is 8.14. The third-order valence-corrected chi connectivity index (χ3v) is 4.18. The van der Waals surface area contributed by atoms with Crippen LogP contribution in [0.5, 0.6) is 0 Å². The predicted octanol–water partition coefficient (Wildman–Crippen LogP) is 3.27. The zero-order valence-corrected chi connectivity index (χ0v) is 14.3. The van der Waals surface area contributed by atoms with Gasteiger partial charge in [0.25, 0.3) is 0 Å². The van der Waals surface area contributed by atoms with Gasteiger partial charge in [-0.15, -0.1) is 0 Å². The van der Waals surface area contributed by atoms with Crippen LogP contribution in [-0.2, 0) is 18.4 Å². The molecule has 0 radical (unpaired) electrons. The van der Waals surface area contributed by atoms with Crippen LogP contribution in [0.15, 0.2) is 36.5 Å². The lowest BCUT2D eigenvalue weighted by Crippen LogP contribution is -2.13. The number of rotatable bonds is 6. The second kappa shape index (κ2) is 7.08. The molecule has 0 aliphatic carbocycles. The molecule has 0 amide bonds. The van der Waals surface area contributed by atoms with Gasteiger partial charge in [-0.3, -0.25) is 4.68 Å². The van der Waals surface area contributed by atoms with Crippen molar-refractivity contribution in [1.29, 1.82) is 0 Å². The molecule has 1 N–H and O–H groups in total. The third-order valence-electron chi connectivity index (χ3n) is 3.24. The number of hydrogen-bond acceptors (Lipinski definition) is 6. The Morgan fingerprint density at radius 2 is 2.09 bits per heavy atom. The van der Waals surface area contributed by atoms with Gasteiger partial charge < -0.3 is 10.1 Å². The summed E-state index contributed by atoms with van der Waals surface area (Å²) in [5.74, 6) is 0.663. The van der Waals surface area contributed by atoms with Crippen LogP contribution in [0.3, 0.4) is 0 Å². The average Bonchev–Trinajstić information content (AvgIpc) is 3.15. The number of anilines is 1. The van der Waals surface area contributed by atoms with Crippen LogP contribution in [0, 0.1) is 0 Å². The quantitative estimate of drug-likeness (QED) is 0.739. The van der Waals surface area contributed by atoms with E-state index in [4.69, 9.17) is 16.3 Å². The van der Waals surface area contributed by atoms with Crippen LogP contribution >= 0.6 is 23.1 Å². The van der Waals surface area contributed by atoms with E-state index in [1.807, 2.05) is 43.6 Å². The van der Waals surface area contributed by atoms with Gasteiger partial charge in [-0.1, -0.05) is 23.7 Å². The van der Waals surface area contributed by atoms with Crippen LogP contribution < -0.4 is 5.32 Å². The fraction of sp³-hybridized carbons (Fsp3) is 0.267. The summed E-state index contributed by atoms with van der Waals surface area (Å²) in [6.07, 6.45) is 1.91. The van der Waals surface area contributed by atoms with Crippen molar-refractivity contribution in [2.45, 2.75) is 12.6 Å². The molecule has 0 saturated carbocycles. The van der Waals surface area contributed by atoms with Gasteiger partial charge in [0.2, 0.25) is 5.13 Å². The maximum Gasteiger partial charge on any atom is 0.203 e. The zero-order valence-electron chi connectivity index (χ0n) is 12.7. The second-order valence-electron chi connectivity index (χ2n) is 4.99. The van der Waals surface area contributed by atoms with E-state index in [0.29, 0.717) is 17.5 Å². The summed E-state index contributed by atoms with van der Waals surface area (Å²) >= 11 is 7.29. The highest BCUT2D eigenvalue weighted by atomic mass is 35.5. The number of methoxy groups -OCH3 is 1. The van der Waals surface area contributed by atoms with Gasteiger partial charge in [0.1, 0.15) is 6.61 Å². The Labute approximate surface area is 143 Å². The molecular weight excluding hydrogens is 334 g/mol. The molecule has 0 aliphatic heterocycles. The number of benzene rings is 1. The molecule has 120 valence electrons. The predicted molar refractivity (Wildman–Crippen MR) is 90.7 cm³/mol. The summed E-state index contributed by atoms with van der Waals surface area (Å²) in [6.45, 7) is 0.396. The van der Waals surface area contributed by atoms with E-state index in [1.54, 1.807) is 11.8 Å². The highest BCUT2D eigenvalue weighted by Gasteiger charge is 2.18. The fourth-order valence-electron chi connectivity index (χ4n) is 2.19. The Bertz CT molecular complexity index is 770. The Hall–Kier alpha value is -1.96. The summed E-state index contributed by atoms with van der Waals surface area (Å²) in [5.41, 5.74) is 1.95. The number of hydrogen-bond donors (Lipinski definition) is 1. The van der Waals surface area contributed by atoms with Crippen LogP contribution in [0.25, 0.3) is 0 Å². The van der Waals surface area contributed by atoms with Crippen molar-refractivity contribution in [3.8, 4) is 0 Å². The van der Waals surface area contributed by atoms with Crippen molar-refractivity contribution >= 4 is 28.3 Å². The van der Waals surface area contributed by atoms with Crippen molar-refractivity contribution in [3.63, 3.8) is 0 Å². The maximum atomic E-state index is 5.99. The molecule has 6 nitrogen and oxygen atoms in total. The van der Waals surface area contributed by atoms with E-state index in [9.17, 15) is 0 Å². The number of nitrogens with one attached hydrogen (secondary N) is 1. The highest BCUT2D eigenvalue weighted by molar-refractivity contribution is 7.09. The van der Waals surface area contributed by atoms with Gasteiger partial charge in [0, 0.05) is 36.9 Å². The molecule has 8 heteroatoms. The standard InChI is InChI=1S/C15H16ClN5OS/c1-21-8-7-12(19-21)14(10-3-5-11(16)6-4-10)18-15-17-13(9-22-2)20-23-15/h3-8,14H,9H2,1-2H3,(H,17,18,20)/t14-/m0/s1. The molecule has 1 aromatic carbocycles. The number of aromatic nitrogens is 4. The molecule has 3 aromatic rings. The minimum atomic E-state index is -0.128. The zero-order chi connectivity index (χ0) is 16.2. The van der Waals surface area contributed by atoms with E-state index >= 15 is 0 Å². The summed E-state index contributed by atoms with van der Waals surface area (Å²) in [7, 11) is 3.52. The van der Waals surface area contributed by atoms with Gasteiger partial charge in [-0.25, -0.2) is 4.98 Å². The van der Waals surface area contributed by atoms with Crippen molar-refractivity contribution in [1.82, 2.24) is 19.1 Å². The monoisotopic (exact) mass is 349 g/mol. The summed E-state index contributed by atoms with van der Waals surface area (Å²) in [5, 5.41) is 9.32. The van der Waals surface area contributed by atoms with Crippen molar-refractivity contribution < 1.29 is 4.74 Å². The van der Waals surface area contributed by atoms with E-state index in [2.05, 4.69) is 19.8 Å². The molecule has 3 rings (SSSR count). The Kier molecular flexibility index (Phi) is 4.90. The lowest BCUT2D eigenvalue weighted by Gasteiger charge is -2.16. The normalized spacial score (nSPS) is 12.3. The van der Waals surface area contributed by atoms with Gasteiger partial charge in [0.05, 0.1) is 11.7 Å². The SMILES string of the molecule is COCc1nsc(N[C@@H](c2ccc(Cl)cc2)c2ccn(C)n2)n1. The lowest BCUT2D eigenvalue weighted by atomic mass is 10.0. The Balaban J connectivity index is 1.89. The number of nitrogens with zero attached hydrogens (tertiary/aromatic N) is 4. The number of ether oxygens (including phenoxy) is 1. The summed E-state index contributed by atoms with van der Waals surface area (Å²) in [4.78, 5) is 4.43. The molecule has 0 aliphatic rings.